The number of benzene rings is 1. The maximum absolute atomic E-state index is 10.8. The van der Waals surface area contributed by atoms with E-state index in [1.807, 2.05) is 0 Å². The van der Waals surface area contributed by atoms with Gasteiger partial charge in [0.1, 0.15) is 5.75 Å². The second-order valence-corrected chi connectivity index (χ2v) is 5.87. The molecule has 5 nitrogen and oxygen atoms in total. The van der Waals surface area contributed by atoms with Crippen LogP contribution in [-0.4, -0.2) is 18.6 Å². The molecule has 2 rings (SSSR count). The van der Waals surface area contributed by atoms with Crippen molar-refractivity contribution in [2.24, 2.45) is 5.41 Å². The van der Waals surface area contributed by atoms with E-state index in [9.17, 15) is 10.1 Å². The largest absolute Gasteiger partial charge is 0.496 e. The lowest BCUT2D eigenvalue weighted by atomic mass is 9.89. The molecule has 0 unspecified atom stereocenters. The first kappa shape index (κ1) is 14.8. The van der Waals surface area contributed by atoms with Gasteiger partial charge >= 0.3 is 0 Å². The van der Waals surface area contributed by atoms with Crippen LogP contribution in [0.5, 0.6) is 5.75 Å². The molecule has 0 radical (unpaired) electrons. The standard InChI is InChI=1S/C15H22N2O3/c1-15(7-3-4-8-15)11-16-10-12-9-13(17(18)19)5-6-14(12)20-2/h5-6,9,16H,3-4,7-8,10-11H2,1-2H3. The first-order valence-electron chi connectivity index (χ1n) is 7.06. The van der Waals surface area contributed by atoms with Gasteiger partial charge < -0.3 is 10.1 Å². The summed E-state index contributed by atoms with van der Waals surface area (Å²) >= 11 is 0. The molecule has 0 atom stereocenters. The van der Waals surface area contributed by atoms with Gasteiger partial charge in [0, 0.05) is 30.8 Å². The number of nitro groups is 1. The number of non-ortho nitro benzene ring substituents is 1. The maximum atomic E-state index is 10.8. The summed E-state index contributed by atoms with van der Waals surface area (Å²) in [5, 5.41) is 14.3. The number of nitro benzene ring substituents is 1. The second kappa shape index (κ2) is 6.22. The highest BCUT2D eigenvalue weighted by Gasteiger charge is 2.28. The molecule has 1 fully saturated rings. The summed E-state index contributed by atoms with van der Waals surface area (Å²) in [5.74, 6) is 0.694. The van der Waals surface area contributed by atoms with Gasteiger partial charge in [-0.25, -0.2) is 0 Å². The molecule has 1 aliphatic carbocycles. The Bertz CT molecular complexity index is 482. The highest BCUT2D eigenvalue weighted by Crippen LogP contribution is 2.36. The lowest BCUT2D eigenvalue weighted by Gasteiger charge is -2.24. The van der Waals surface area contributed by atoms with Crippen LogP contribution in [0.15, 0.2) is 18.2 Å². The Labute approximate surface area is 119 Å². The van der Waals surface area contributed by atoms with Gasteiger partial charge in [-0.05, 0) is 24.3 Å². The molecule has 0 bridgehead atoms. The summed E-state index contributed by atoms with van der Waals surface area (Å²) in [6, 6.07) is 4.72. The van der Waals surface area contributed by atoms with Gasteiger partial charge in [0.05, 0.1) is 12.0 Å². The van der Waals surface area contributed by atoms with Crippen molar-refractivity contribution in [1.29, 1.82) is 0 Å². The molecule has 5 heteroatoms. The molecule has 1 aromatic rings. The molecule has 20 heavy (non-hydrogen) atoms. The van der Waals surface area contributed by atoms with Crippen molar-refractivity contribution in [2.75, 3.05) is 13.7 Å². The third-order valence-corrected chi connectivity index (χ3v) is 4.15. The van der Waals surface area contributed by atoms with Crippen molar-refractivity contribution >= 4 is 5.69 Å². The Kier molecular flexibility index (Phi) is 4.60. The zero-order valence-corrected chi connectivity index (χ0v) is 12.1. The number of nitrogens with zero attached hydrogens (tertiary/aromatic N) is 1. The first-order chi connectivity index (χ1) is 9.54. The van der Waals surface area contributed by atoms with Crippen molar-refractivity contribution in [1.82, 2.24) is 5.32 Å². The Hall–Kier alpha value is -1.62. The Morgan fingerprint density at radius 2 is 2.10 bits per heavy atom. The number of rotatable bonds is 6. The molecule has 0 aromatic heterocycles. The summed E-state index contributed by atoms with van der Waals surface area (Å²) in [6.07, 6.45) is 5.12. The Morgan fingerprint density at radius 3 is 2.70 bits per heavy atom. The van der Waals surface area contributed by atoms with Crippen molar-refractivity contribution in [3.05, 3.63) is 33.9 Å². The molecule has 0 aliphatic heterocycles. The molecule has 0 spiro atoms. The van der Waals surface area contributed by atoms with E-state index in [0.717, 1.165) is 12.1 Å². The average molecular weight is 278 g/mol. The normalized spacial score (nSPS) is 17.1. The highest BCUT2D eigenvalue weighted by atomic mass is 16.6. The molecular formula is C15H22N2O3. The molecule has 110 valence electrons. The average Bonchev–Trinajstić information content (AvgIpc) is 2.85. The summed E-state index contributed by atoms with van der Waals surface area (Å²) < 4.78 is 5.27. The summed E-state index contributed by atoms with van der Waals surface area (Å²) in [5.41, 5.74) is 1.31. The number of hydrogen-bond acceptors (Lipinski definition) is 4. The van der Waals surface area contributed by atoms with E-state index in [4.69, 9.17) is 4.74 Å². The topological polar surface area (TPSA) is 64.4 Å². The fraction of sp³-hybridized carbons (Fsp3) is 0.600. The molecule has 0 amide bonds. The Morgan fingerprint density at radius 1 is 1.40 bits per heavy atom. The van der Waals surface area contributed by atoms with Gasteiger partial charge in [-0.2, -0.15) is 0 Å². The monoisotopic (exact) mass is 278 g/mol. The lowest BCUT2D eigenvalue weighted by molar-refractivity contribution is -0.384. The predicted octanol–water partition coefficient (Wildman–Crippen LogP) is 3.27. The maximum Gasteiger partial charge on any atom is 0.270 e. The first-order valence-corrected chi connectivity index (χ1v) is 7.06. The third kappa shape index (κ3) is 3.48. The van der Waals surface area contributed by atoms with Crippen LogP contribution in [0.3, 0.4) is 0 Å². The predicted molar refractivity (Wildman–Crippen MR) is 77.9 cm³/mol. The fourth-order valence-corrected chi connectivity index (χ4v) is 2.92. The molecular weight excluding hydrogens is 256 g/mol. The quantitative estimate of drug-likeness (QED) is 0.640. The van der Waals surface area contributed by atoms with Crippen molar-refractivity contribution < 1.29 is 9.66 Å². The smallest absolute Gasteiger partial charge is 0.270 e. The third-order valence-electron chi connectivity index (χ3n) is 4.15. The van der Waals surface area contributed by atoms with Gasteiger partial charge in [-0.15, -0.1) is 0 Å². The fourth-order valence-electron chi connectivity index (χ4n) is 2.92. The lowest BCUT2D eigenvalue weighted by Crippen LogP contribution is -2.29. The van der Waals surface area contributed by atoms with E-state index < -0.39 is 0 Å². The number of nitrogens with one attached hydrogen (secondary N) is 1. The second-order valence-electron chi connectivity index (χ2n) is 5.87. The minimum Gasteiger partial charge on any atom is -0.496 e. The van der Waals surface area contributed by atoms with E-state index >= 15 is 0 Å². The van der Waals surface area contributed by atoms with E-state index in [-0.39, 0.29) is 10.6 Å². The van der Waals surface area contributed by atoms with Crippen molar-refractivity contribution in [3.8, 4) is 5.75 Å². The van der Waals surface area contributed by atoms with Gasteiger partial charge in [0.25, 0.3) is 5.69 Å². The van der Waals surface area contributed by atoms with E-state index in [0.29, 0.717) is 17.7 Å². The molecule has 1 N–H and O–H groups in total. The minimum atomic E-state index is -0.374. The SMILES string of the molecule is COc1ccc([N+](=O)[O-])cc1CNCC1(C)CCCC1. The zero-order chi connectivity index (χ0) is 14.6. The van der Waals surface area contributed by atoms with Crippen LogP contribution in [-0.2, 0) is 6.54 Å². The van der Waals surface area contributed by atoms with Crippen molar-refractivity contribution in [2.45, 2.75) is 39.2 Å². The van der Waals surface area contributed by atoms with Crippen LogP contribution < -0.4 is 10.1 Å². The van der Waals surface area contributed by atoms with Crippen LogP contribution in [0.2, 0.25) is 0 Å². The Balaban J connectivity index is 2.00. The summed E-state index contributed by atoms with van der Waals surface area (Å²) in [4.78, 5) is 10.5. The minimum absolute atomic E-state index is 0.106. The van der Waals surface area contributed by atoms with Gasteiger partial charge in [0.15, 0.2) is 0 Å². The van der Waals surface area contributed by atoms with E-state index in [1.165, 1.54) is 31.7 Å². The number of ether oxygens (including phenoxy) is 1. The molecule has 0 heterocycles. The van der Waals surface area contributed by atoms with Crippen molar-refractivity contribution in [3.63, 3.8) is 0 Å². The highest BCUT2D eigenvalue weighted by molar-refractivity contribution is 5.43. The van der Waals surface area contributed by atoms with Gasteiger partial charge in [-0.3, -0.25) is 10.1 Å². The van der Waals surface area contributed by atoms with Gasteiger partial charge in [0.2, 0.25) is 0 Å². The van der Waals surface area contributed by atoms with E-state index in [1.54, 1.807) is 19.2 Å². The molecule has 1 aliphatic rings. The number of hydrogen-bond donors (Lipinski definition) is 1. The van der Waals surface area contributed by atoms with Crippen LogP contribution in [0.1, 0.15) is 38.2 Å². The van der Waals surface area contributed by atoms with Crippen LogP contribution in [0.25, 0.3) is 0 Å². The zero-order valence-electron chi connectivity index (χ0n) is 12.1. The molecule has 1 saturated carbocycles. The summed E-state index contributed by atoms with van der Waals surface area (Å²) in [6.45, 7) is 3.84. The van der Waals surface area contributed by atoms with Crippen LogP contribution in [0.4, 0.5) is 5.69 Å². The van der Waals surface area contributed by atoms with Crippen LogP contribution >= 0.6 is 0 Å². The van der Waals surface area contributed by atoms with Crippen LogP contribution in [0, 0.1) is 15.5 Å². The number of methoxy groups -OCH3 is 1. The molecule has 1 aromatic carbocycles. The molecule has 0 saturated heterocycles. The van der Waals surface area contributed by atoms with E-state index in [2.05, 4.69) is 12.2 Å². The van der Waals surface area contributed by atoms with Gasteiger partial charge in [-0.1, -0.05) is 19.8 Å². The summed E-state index contributed by atoms with van der Waals surface area (Å²) in [7, 11) is 1.59.